The second-order valence-corrected chi connectivity index (χ2v) is 7.29. The third-order valence-electron chi connectivity index (χ3n) is 2.91. The highest BCUT2D eigenvalue weighted by Gasteiger charge is 2.17. The highest BCUT2D eigenvalue weighted by molar-refractivity contribution is 7.89. The molecule has 0 heterocycles. The zero-order valence-electron chi connectivity index (χ0n) is 11.5. The molecule has 0 bridgehead atoms. The van der Waals surface area contributed by atoms with Gasteiger partial charge in [-0.3, -0.25) is 0 Å². The Morgan fingerprint density at radius 2 is 1.78 bits per heavy atom. The molecule has 0 unspecified atom stereocenters. The van der Waals surface area contributed by atoms with Crippen molar-refractivity contribution < 1.29 is 8.42 Å². The van der Waals surface area contributed by atoms with Gasteiger partial charge in [-0.1, -0.05) is 44.2 Å². The molecule has 18 heavy (non-hydrogen) atoms. The van der Waals surface area contributed by atoms with Crippen molar-refractivity contribution in [3.63, 3.8) is 0 Å². The largest absolute Gasteiger partial charge is 0.214 e. The molecular formula is C14H23NO2S. The molecule has 0 fully saturated rings. The Kier molecular flexibility index (Phi) is 5.82. The summed E-state index contributed by atoms with van der Waals surface area (Å²) >= 11 is 0. The van der Waals surface area contributed by atoms with Crippen LogP contribution in [0.2, 0.25) is 0 Å². The maximum atomic E-state index is 12.0. The van der Waals surface area contributed by atoms with E-state index in [9.17, 15) is 8.42 Å². The molecule has 0 aromatic heterocycles. The lowest BCUT2D eigenvalue weighted by atomic mass is 10.1. The molecule has 102 valence electrons. The van der Waals surface area contributed by atoms with Crippen LogP contribution >= 0.6 is 0 Å². The number of sulfonamides is 1. The smallest absolute Gasteiger partial charge is 0.212 e. The standard InChI is InChI=1S/C14H23NO2S/c1-13(2)8-7-11-18(16,17)15(3)12-14-9-5-4-6-10-14/h4-6,9-10,13H,7-8,11-12H2,1-3H3. The van der Waals surface area contributed by atoms with Gasteiger partial charge in [0.2, 0.25) is 10.0 Å². The molecule has 0 saturated heterocycles. The Morgan fingerprint density at radius 3 is 2.33 bits per heavy atom. The topological polar surface area (TPSA) is 37.4 Å². The lowest BCUT2D eigenvalue weighted by Crippen LogP contribution is -2.28. The maximum Gasteiger partial charge on any atom is 0.214 e. The second kappa shape index (κ2) is 6.90. The Bertz CT molecular complexity index is 440. The molecule has 0 radical (unpaired) electrons. The van der Waals surface area contributed by atoms with E-state index in [1.54, 1.807) is 7.05 Å². The Morgan fingerprint density at radius 1 is 1.17 bits per heavy atom. The molecule has 0 amide bonds. The van der Waals surface area contributed by atoms with Crippen molar-refractivity contribution in [2.24, 2.45) is 5.92 Å². The maximum absolute atomic E-state index is 12.0. The van der Waals surface area contributed by atoms with Gasteiger partial charge in [0.15, 0.2) is 0 Å². The summed E-state index contributed by atoms with van der Waals surface area (Å²) in [6.45, 7) is 4.67. The van der Waals surface area contributed by atoms with Gasteiger partial charge < -0.3 is 0 Å². The molecule has 0 N–H and O–H groups in total. The molecule has 0 aliphatic carbocycles. The summed E-state index contributed by atoms with van der Waals surface area (Å²) in [5.74, 6) is 0.800. The van der Waals surface area contributed by atoms with E-state index in [0.717, 1.165) is 18.4 Å². The third-order valence-corrected chi connectivity index (χ3v) is 4.79. The molecule has 3 nitrogen and oxygen atoms in total. The predicted molar refractivity (Wildman–Crippen MR) is 75.8 cm³/mol. The number of nitrogens with zero attached hydrogens (tertiary/aromatic N) is 1. The van der Waals surface area contributed by atoms with Crippen LogP contribution in [0, 0.1) is 5.92 Å². The summed E-state index contributed by atoms with van der Waals surface area (Å²) in [4.78, 5) is 0. The van der Waals surface area contributed by atoms with E-state index in [-0.39, 0.29) is 5.75 Å². The summed E-state index contributed by atoms with van der Waals surface area (Å²) in [6, 6.07) is 9.67. The van der Waals surface area contributed by atoms with Crippen LogP contribution in [-0.2, 0) is 16.6 Å². The average Bonchev–Trinajstić information content (AvgIpc) is 2.29. The van der Waals surface area contributed by atoms with Gasteiger partial charge in [0.05, 0.1) is 5.75 Å². The summed E-state index contributed by atoms with van der Waals surface area (Å²) in [5.41, 5.74) is 1.02. The van der Waals surface area contributed by atoms with Gasteiger partial charge in [0, 0.05) is 13.6 Å². The van der Waals surface area contributed by atoms with Crippen molar-refractivity contribution in [1.82, 2.24) is 4.31 Å². The highest BCUT2D eigenvalue weighted by atomic mass is 32.2. The predicted octanol–water partition coefficient (Wildman–Crippen LogP) is 2.88. The fraction of sp³-hybridized carbons (Fsp3) is 0.571. The first kappa shape index (κ1) is 15.2. The first-order valence-corrected chi connectivity index (χ1v) is 8.00. The average molecular weight is 269 g/mol. The van der Waals surface area contributed by atoms with Crippen molar-refractivity contribution in [2.45, 2.75) is 33.2 Å². The molecule has 1 aromatic carbocycles. The van der Waals surface area contributed by atoms with Crippen LogP contribution < -0.4 is 0 Å². The second-order valence-electron chi connectivity index (χ2n) is 5.09. The highest BCUT2D eigenvalue weighted by Crippen LogP contribution is 2.11. The van der Waals surface area contributed by atoms with Crippen LogP contribution in [0.3, 0.4) is 0 Å². The summed E-state index contributed by atoms with van der Waals surface area (Å²) < 4.78 is 25.5. The quantitative estimate of drug-likeness (QED) is 0.763. The fourth-order valence-electron chi connectivity index (χ4n) is 1.77. The van der Waals surface area contributed by atoms with Crippen molar-refractivity contribution in [1.29, 1.82) is 0 Å². The number of rotatable bonds is 7. The van der Waals surface area contributed by atoms with Crippen molar-refractivity contribution in [2.75, 3.05) is 12.8 Å². The molecule has 0 atom stereocenters. The van der Waals surface area contributed by atoms with Gasteiger partial charge in [-0.25, -0.2) is 12.7 Å². The van der Waals surface area contributed by atoms with Crippen molar-refractivity contribution >= 4 is 10.0 Å². The van der Waals surface area contributed by atoms with Crippen LogP contribution in [0.25, 0.3) is 0 Å². The van der Waals surface area contributed by atoms with Crippen LogP contribution in [-0.4, -0.2) is 25.5 Å². The van der Waals surface area contributed by atoms with E-state index in [0.29, 0.717) is 12.5 Å². The molecule has 0 saturated carbocycles. The Labute approximate surface area is 111 Å². The SMILES string of the molecule is CC(C)CCCS(=O)(=O)N(C)Cc1ccccc1. The molecule has 1 rings (SSSR count). The van der Waals surface area contributed by atoms with E-state index in [2.05, 4.69) is 13.8 Å². The van der Waals surface area contributed by atoms with E-state index >= 15 is 0 Å². The number of hydrogen-bond donors (Lipinski definition) is 0. The van der Waals surface area contributed by atoms with Gasteiger partial charge in [0.1, 0.15) is 0 Å². The van der Waals surface area contributed by atoms with Crippen LogP contribution in [0.15, 0.2) is 30.3 Å². The van der Waals surface area contributed by atoms with E-state index in [1.165, 1.54) is 4.31 Å². The molecule has 0 aliphatic heterocycles. The van der Waals surface area contributed by atoms with Crippen LogP contribution in [0.5, 0.6) is 0 Å². The number of hydrogen-bond acceptors (Lipinski definition) is 2. The minimum Gasteiger partial charge on any atom is -0.212 e. The lowest BCUT2D eigenvalue weighted by molar-refractivity contribution is 0.461. The molecule has 0 aliphatic rings. The van der Waals surface area contributed by atoms with Crippen LogP contribution in [0.4, 0.5) is 0 Å². The molecule has 0 spiro atoms. The minimum absolute atomic E-state index is 0.245. The third kappa shape index (κ3) is 5.19. The minimum atomic E-state index is -3.12. The van der Waals surface area contributed by atoms with Gasteiger partial charge >= 0.3 is 0 Å². The van der Waals surface area contributed by atoms with Crippen molar-refractivity contribution in [3.8, 4) is 0 Å². The molecule has 1 aromatic rings. The summed E-state index contributed by atoms with van der Waals surface area (Å²) in [5, 5.41) is 0. The van der Waals surface area contributed by atoms with Crippen molar-refractivity contribution in [3.05, 3.63) is 35.9 Å². The lowest BCUT2D eigenvalue weighted by Gasteiger charge is -2.17. The van der Waals surface area contributed by atoms with Gasteiger partial charge in [-0.15, -0.1) is 0 Å². The Balaban J connectivity index is 2.52. The van der Waals surface area contributed by atoms with Gasteiger partial charge in [0.25, 0.3) is 0 Å². The zero-order chi connectivity index (χ0) is 13.6. The molecular weight excluding hydrogens is 246 g/mol. The monoisotopic (exact) mass is 269 g/mol. The first-order valence-electron chi connectivity index (χ1n) is 6.40. The molecule has 4 heteroatoms. The fourth-order valence-corrected chi connectivity index (χ4v) is 2.96. The summed E-state index contributed by atoms with van der Waals surface area (Å²) in [6.07, 6.45) is 1.69. The Hall–Kier alpha value is -0.870. The van der Waals surface area contributed by atoms with Crippen LogP contribution in [0.1, 0.15) is 32.3 Å². The zero-order valence-corrected chi connectivity index (χ0v) is 12.3. The van der Waals surface area contributed by atoms with Gasteiger partial charge in [-0.05, 0) is 24.3 Å². The van der Waals surface area contributed by atoms with E-state index in [4.69, 9.17) is 0 Å². The normalized spacial score (nSPS) is 12.3. The number of benzene rings is 1. The first-order chi connectivity index (χ1) is 8.42. The van der Waals surface area contributed by atoms with E-state index in [1.807, 2.05) is 30.3 Å². The van der Waals surface area contributed by atoms with Gasteiger partial charge in [-0.2, -0.15) is 0 Å². The summed E-state index contributed by atoms with van der Waals surface area (Å²) in [7, 11) is -1.47. The van der Waals surface area contributed by atoms with E-state index < -0.39 is 10.0 Å².